The van der Waals surface area contributed by atoms with Crippen LogP contribution in [0.4, 0.5) is 4.39 Å². The van der Waals surface area contributed by atoms with Crippen LogP contribution in [0.3, 0.4) is 0 Å². The van der Waals surface area contributed by atoms with Crippen molar-refractivity contribution in [2.24, 2.45) is 0 Å². The smallest absolute Gasteiger partial charge is 0.150 e. The summed E-state index contributed by atoms with van der Waals surface area (Å²) in [7, 11) is 3.94. The first kappa shape index (κ1) is 16.3. The lowest BCUT2D eigenvalue weighted by molar-refractivity contribution is 0.288. The summed E-state index contributed by atoms with van der Waals surface area (Å²) in [6, 6.07) is 4.49. The second-order valence-corrected chi connectivity index (χ2v) is 6.10. The highest BCUT2D eigenvalue weighted by atomic mass is 35.5. The van der Waals surface area contributed by atoms with Crippen LogP contribution in [0.5, 0.6) is 0 Å². The van der Waals surface area contributed by atoms with Gasteiger partial charge in [0.15, 0.2) is 0 Å². The summed E-state index contributed by atoms with van der Waals surface area (Å²) < 4.78 is 15.7. The van der Waals surface area contributed by atoms with E-state index in [0.29, 0.717) is 17.3 Å². The number of hydrazine groups is 1. The minimum Gasteiger partial charge on any atom is -0.376 e. The van der Waals surface area contributed by atoms with Crippen LogP contribution < -0.4 is 5.43 Å². The average Bonchev–Trinajstić information content (AvgIpc) is 2.89. The van der Waals surface area contributed by atoms with Crippen LogP contribution in [0.1, 0.15) is 11.4 Å². The zero-order valence-corrected chi connectivity index (χ0v) is 14.4. The maximum atomic E-state index is 14.2. The van der Waals surface area contributed by atoms with Gasteiger partial charge in [-0.1, -0.05) is 16.8 Å². The van der Waals surface area contributed by atoms with E-state index in [1.54, 1.807) is 12.1 Å². The predicted octanol–water partition coefficient (Wildman–Crippen LogP) is 2.61. The first-order valence-electron chi connectivity index (χ1n) is 7.41. The van der Waals surface area contributed by atoms with Gasteiger partial charge in [-0.05, 0) is 31.2 Å². The van der Waals surface area contributed by atoms with Crippen molar-refractivity contribution in [1.29, 1.82) is 0 Å². The second-order valence-electron chi connectivity index (χ2n) is 5.67. The van der Waals surface area contributed by atoms with Gasteiger partial charge in [0, 0.05) is 31.5 Å². The van der Waals surface area contributed by atoms with E-state index in [2.05, 4.69) is 15.7 Å². The van der Waals surface area contributed by atoms with Gasteiger partial charge in [-0.3, -0.25) is 5.01 Å². The third-order valence-corrected chi connectivity index (χ3v) is 3.97. The first-order chi connectivity index (χ1) is 11.5. The highest BCUT2D eigenvalue weighted by molar-refractivity contribution is 6.30. The van der Waals surface area contributed by atoms with Gasteiger partial charge in [0.05, 0.1) is 23.6 Å². The summed E-state index contributed by atoms with van der Waals surface area (Å²) in [5.41, 5.74) is 6.08. The predicted molar refractivity (Wildman–Crippen MR) is 90.7 cm³/mol. The van der Waals surface area contributed by atoms with Crippen molar-refractivity contribution >= 4 is 11.6 Å². The molecule has 1 aliphatic heterocycles. The van der Waals surface area contributed by atoms with Gasteiger partial charge in [-0.25, -0.2) is 9.07 Å². The topological polar surface area (TPSA) is 49.2 Å². The second kappa shape index (κ2) is 6.52. The van der Waals surface area contributed by atoms with Gasteiger partial charge in [0.1, 0.15) is 11.5 Å². The molecule has 126 valence electrons. The number of nitrogens with one attached hydrogen (secondary N) is 1. The molecule has 1 aliphatic rings. The molecule has 3 rings (SSSR count). The van der Waals surface area contributed by atoms with E-state index in [9.17, 15) is 4.39 Å². The molecule has 0 unspecified atom stereocenters. The van der Waals surface area contributed by atoms with E-state index < -0.39 is 5.82 Å². The van der Waals surface area contributed by atoms with E-state index >= 15 is 0 Å². The number of hydrogen-bond donors (Lipinski definition) is 1. The molecule has 0 spiro atoms. The van der Waals surface area contributed by atoms with Crippen molar-refractivity contribution in [2.45, 2.75) is 13.5 Å². The number of likely N-dealkylation sites (N-methyl/N-ethyl adjacent to an activating group) is 1. The quantitative estimate of drug-likeness (QED) is 0.920. The molecule has 1 aromatic carbocycles. The summed E-state index contributed by atoms with van der Waals surface area (Å²) in [6.07, 6.45) is 5.81. The highest BCUT2D eigenvalue weighted by Gasteiger charge is 2.17. The molecule has 6 nitrogen and oxygen atoms in total. The average molecular weight is 349 g/mol. The van der Waals surface area contributed by atoms with Crippen LogP contribution in [0, 0.1) is 12.7 Å². The zero-order valence-electron chi connectivity index (χ0n) is 13.7. The Morgan fingerprint density at radius 1 is 1.33 bits per heavy atom. The molecule has 0 radical (unpaired) electrons. The van der Waals surface area contributed by atoms with E-state index in [1.165, 1.54) is 10.7 Å². The Labute approximate surface area is 144 Å². The molecule has 2 heterocycles. The lowest BCUT2D eigenvalue weighted by Crippen LogP contribution is -2.33. The van der Waals surface area contributed by atoms with Crippen LogP contribution in [0.2, 0.25) is 5.02 Å². The Morgan fingerprint density at radius 3 is 2.75 bits per heavy atom. The van der Waals surface area contributed by atoms with Crippen LogP contribution in [0.25, 0.3) is 5.69 Å². The monoisotopic (exact) mass is 348 g/mol. The van der Waals surface area contributed by atoms with E-state index in [4.69, 9.17) is 11.6 Å². The first-order valence-corrected chi connectivity index (χ1v) is 7.78. The molecular formula is C16H18ClFN6. The summed E-state index contributed by atoms with van der Waals surface area (Å²) in [4.78, 5) is 2.00. The number of aryl methyl sites for hydroxylation is 1. The minimum absolute atomic E-state index is 0.320. The van der Waals surface area contributed by atoms with Crippen LogP contribution in [-0.4, -0.2) is 39.0 Å². The lowest BCUT2D eigenvalue weighted by Gasteiger charge is -2.26. The molecule has 2 aromatic rings. The fourth-order valence-electron chi connectivity index (χ4n) is 2.35. The van der Waals surface area contributed by atoms with Crippen LogP contribution in [-0.2, 0) is 6.54 Å². The van der Waals surface area contributed by atoms with Gasteiger partial charge < -0.3 is 10.3 Å². The number of hydrogen-bond acceptors (Lipinski definition) is 5. The maximum absolute atomic E-state index is 14.2. The molecule has 0 atom stereocenters. The fourth-order valence-corrected chi connectivity index (χ4v) is 2.51. The van der Waals surface area contributed by atoms with Crippen molar-refractivity contribution in [1.82, 2.24) is 30.3 Å². The summed E-state index contributed by atoms with van der Waals surface area (Å²) >= 11 is 5.82. The lowest BCUT2D eigenvalue weighted by atomic mass is 10.2. The normalized spacial score (nSPS) is 13.7. The Hall–Kier alpha value is -2.54. The third kappa shape index (κ3) is 3.21. The van der Waals surface area contributed by atoms with Gasteiger partial charge in [0.25, 0.3) is 0 Å². The van der Waals surface area contributed by atoms with Gasteiger partial charge in [0.2, 0.25) is 0 Å². The summed E-state index contributed by atoms with van der Waals surface area (Å²) in [5.74, 6) is -0.439. The van der Waals surface area contributed by atoms with Gasteiger partial charge >= 0.3 is 0 Å². The SMILES string of the molecule is Cc1nnn(-c2ccc(Cl)cc2F)c1CN1C=CC(N(C)C)=CN1. The standard InChI is InChI=1S/C16H18ClFN6/c1-11-16(10-23-7-6-13(9-19-23)22(2)3)24(21-20-11)15-5-4-12(17)8-14(15)18/h4-9,19H,10H2,1-3H3. The maximum Gasteiger partial charge on any atom is 0.150 e. The number of rotatable bonds is 4. The Bertz CT molecular complexity index is 811. The van der Waals surface area contributed by atoms with Crippen LogP contribution in [0.15, 0.2) is 42.4 Å². The van der Waals surface area contributed by atoms with Crippen LogP contribution >= 0.6 is 11.6 Å². The zero-order chi connectivity index (χ0) is 17.3. The molecular weight excluding hydrogens is 331 g/mol. The molecule has 24 heavy (non-hydrogen) atoms. The highest BCUT2D eigenvalue weighted by Crippen LogP contribution is 2.21. The number of nitrogens with zero attached hydrogens (tertiary/aromatic N) is 5. The summed E-state index contributed by atoms with van der Waals surface area (Å²) in [6.45, 7) is 2.33. The number of halogens is 2. The molecule has 0 fully saturated rings. The molecule has 1 aromatic heterocycles. The van der Waals surface area contributed by atoms with Gasteiger partial charge in [-0.15, -0.1) is 5.10 Å². The molecule has 0 bridgehead atoms. The van der Waals surface area contributed by atoms with E-state index in [0.717, 1.165) is 17.1 Å². The number of benzene rings is 1. The largest absolute Gasteiger partial charge is 0.376 e. The van der Waals surface area contributed by atoms with E-state index in [-0.39, 0.29) is 0 Å². The van der Waals surface area contributed by atoms with Crippen molar-refractivity contribution in [2.75, 3.05) is 14.1 Å². The van der Waals surface area contributed by atoms with Crippen molar-refractivity contribution in [3.63, 3.8) is 0 Å². The number of allylic oxidation sites excluding steroid dienone is 1. The summed E-state index contributed by atoms with van der Waals surface area (Å²) in [5, 5.41) is 10.4. The molecule has 0 aliphatic carbocycles. The molecule has 1 N–H and O–H groups in total. The molecule has 8 heteroatoms. The Kier molecular flexibility index (Phi) is 4.44. The van der Waals surface area contributed by atoms with Crippen molar-refractivity contribution in [3.8, 4) is 5.69 Å². The molecule has 0 saturated heterocycles. The van der Waals surface area contributed by atoms with Crippen molar-refractivity contribution < 1.29 is 4.39 Å². The third-order valence-electron chi connectivity index (χ3n) is 3.74. The molecule has 0 saturated carbocycles. The van der Waals surface area contributed by atoms with E-state index in [1.807, 2.05) is 49.4 Å². The molecule has 0 amide bonds. The Balaban J connectivity index is 1.86. The minimum atomic E-state index is -0.439. The Morgan fingerprint density at radius 2 is 2.12 bits per heavy atom. The fraction of sp³-hybridized carbons (Fsp3) is 0.250. The van der Waals surface area contributed by atoms with Gasteiger partial charge in [-0.2, -0.15) is 0 Å². The number of aromatic nitrogens is 3. The van der Waals surface area contributed by atoms with Crippen molar-refractivity contribution in [3.05, 3.63) is 64.6 Å².